The first-order chi connectivity index (χ1) is 21.2. The van der Waals surface area contributed by atoms with Gasteiger partial charge in [0.25, 0.3) is 11.8 Å². The lowest BCUT2D eigenvalue weighted by atomic mass is 9.91. The molecule has 2 saturated carbocycles. The molecule has 0 aliphatic heterocycles. The second-order valence-electron chi connectivity index (χ2n) is 11.2. The van der Waals surface area contributed by atoms with Gasteiger partial charge in [-0.05, 0) is 50.5 Å². The molecule has 14 heteroatoms. The molecular formula is C30H30F2N8O3S. The van der Waals surface area contributed by atoms with Crippen molar-refractivity contribution in [2.24, 2.45) is 0 Å². The Balaban J connectivity index is 0.987. The van der Waals surface area contributed by atoms with Crippen molar-refractivity contribution in [1.29, 1.82) is 0 Å². The maximum atomic E-state index is 13.2. The van der Waals surface area contributed by atoms with Crippen molar-refractivity contribution in [2.75, 3.05) is 5.32 Å². The molecule has 2 atom stereocenters. The number of anilines is 1. The third kappa shape index (κ3) is 7.36. The van der Waals surface area contributed by atoms with Crippen LogP contribution in [0.15, 0.2) is 48.7 Å². The van der Waals surface area contributed by atoms with E-state index in [-0.39, 0.29) is 54.5 Å². The highest BCUT2D eigenvalue weighted by molar-refractivity contribution is 7.13. The SMILES string of the molecule is Cc1cc(OC2CC(F)(F)C2)cc(CNC(=O)c2nnc(C3CC[C@@H](c4ccc(NC(=O)Cc5ccccn5)nn4)C3)s2)n1. The molecule has 2 aliphatic rings. The molecule has 0 radical (unpaired) electrons. The molecule has 6 rings (SSSR count). The number of alkyl halides is 2. The normalized spacial score (nSPS) is 19.2. The molecular weight excluding hydrogens is 590 g/mol. The number of nitrogens with one attached hydrogen (secondary N) is 2. The van der Waals surface area contributed by atoms with Gasteiger partial charge in [-0.1, -0.05) is 17.4 Å². The number of hydrogen-bond donors (Lipinski definition) is 2. The van der Waals surface area contributed by atoms with Crippen LogP contribution in [0.3, 0.4) is 0 Å². The zero-order valence-electron chi connectivity index (χ0n) is 23.9. The highest BCUT2D eigenvalue weighted by Crippen LogP contribution is 2.44. The molecule has 44 heavy (non-hydrogen) atoms. The first-order valence-electron chi connectivity index (χ1n) is 14.4. The number of hydrogen-bond acceptors (Lipinski definition) is 10. The van der Waals surface area contributed by atoms with Crippen LogP contribution >= 0.6 is 11.3 Å². The quantitative estimate of drug-likeness (QED) is 0.256. The summed E-state index contributed by atoms with van der Waals surface area (Å²) >= 11 is 1.27. The fourth-order valence-corrected chi connectivity index (χ4v) is 6.34. The summed E-state index contributed by atoms with van der Waals surface area (Å²) in [6.45, 7) is 1.92. The number of ether oxygens (including phenoxy) is 1. The second kappa shape index (κ2) is 12.6. The lowest BCUT2D eigenvalue weighted by Crippen LogP contribution is -2.43. The van der Waals surface area contributed by atoms with E-state index >= 15 is 0 Å². The smallest absolute Gasteiger partial charge is 0.282 e. The third-order valence-corrected chi connectivity index (χ3v) is 8.71. The van der Waals surface area contributed by atoms with E-state index in [1.54, 1.807) is 43.5 Å². The topological polar surface area (TPSA) is 145 Å². The van der Waals surface area contributed by atoms with Crippen molar-refractivity contribution < 1.29 is 23.1 Å². The zero-order chi connectivity index (χ0) is 30.7. The number of carbonyl (C=O) groups excluding carboxylic acids is 2. The number of amides is 2. The van der Waals surface area contributed by atoms with Crippen molar-refractivity contribution in [3.8, 4) is 5.75 Å². The van der Waals surface area contributed by atoms with Crippen LogP contribution in [0.25, 0.3) is 0 Å². The Labute approximate surface area is 255 Å². The van der Waals surface area contributed by atoms with Gasteiger partial charge in [0.05, 0.1) is 24.4 Å². The van der Waals surface area contributed by atoms with Crippen molar-refractivity contribution in [3.05, 3.63) is 81.5 Å². The van der Waals surface area contributed by atoms with Gasteiger partial charge < -0.3 is 15.4 Å². The first kappa shape index (κ1) is 29.6. The lowest BCUT2D eigenvalue weighted by molar-refractivity contribution is -0.134. The Morgan fingerprint density at radius 1 is 1.02 bits per heavy atom. The van der Waals surface area contributed by atoms with Gasteiger partial charge in [-0.2, -0.15) is 5.10 Å². The monoisotopic (exact) mass is 620 g/mol. The van der Waals surface area contributed by atoms with E-state index in [1.165, 1.54) is 11.3 Å². The van der Waals surface area contributed by atoms with Crippen molar-refractivity contribution in [2.45, 2.75) is 75.9 Å². The summed E-state index contributed by atoms with van der Waals surface area (Å²) in [7, 11) is 0. The number of nitrogens with zero attached hydrogens (tertiary/aromatic N) is 6. The largest absolute Gasteiger partial charge is 0.490 e. The van der Waals surface area contributed by atoms with Crippen molar-refractivity contribution in [1.82, 2.24) is 35.7 Å². The maximum absolute atomic E-state index is 13.2. The van der Waals surface area contributed by atoms with Crippen molar-refractivity contribution in [3.63, 3.8) is 0 Å². The number of halogens is 2. The molecule has 2 N–H and O–H groups in total. The number of rotatable bonds is 10. The van der Waals surface area contributed by atoms with Gasteiger partial charge in [-0.3, -0.25) is 19.6 Å². The van der Waals surface area contributed by atoms with Crippen LogP contribution in [-0.4, -0.2) is 54.2 Å². The predicted octanol–water partition coefficient (Wildman–Crippen LogP) is 4.77. The molecule has 11 nitrogen and oxygen atoms in total. The fourth-order valence-electron chi connectivity index (χ4n) is 5.44. The predicted molar refractivity (Wildman–Crippen MR) is 157 cm³/mol. The molecule has 2 amide bonds. The number of carbonyl (C=O) groups is 2. The number of aryl methyl sites for hydroxylation is 1. The van der Waals surface area contributed by atoms with Crippen LogP contribution in [0, 0.1) is 6.92 Å². The van der Waals surface area contributed by atoms with Crippen LogP contribution < -0.4 is 15.4 Å². The highest BCUT2D eigenvalue weighted by Gasteiger charge is 2.47. The molecule has 0 bridgehead atoms. The lowest BCUT2D eigenvalue weighted by Gasteiger charge is -2.34. The van der Waals surface area contributed by atoms with Gasteiger partial charge in [-0.25, -0.2) is 8.78 Å². The summed E-state index contributed by atoms with van der Waals surface area (Å²) in [5.74, 6) is -2.06. The summed E-state index contributed by atoms with van der Waals surface area (Å²) in [6, 6.07) is 12.4. The summed E-state index contributed by atoms with van der Waals surface area (Å²) in [5.41, 5.74) is 2.74. The van der Waals surface area contributed by atoms with Crippen LogP contribution in [0.4, 0.5) is 14.6 Å². The molecule has 0 spiro atoms. The molecule has 1 unspecified atom stereocenters. The van der Waals surface area contributed by atoms with Gasteiger partial charge >= 0.3 is 0 Å². The molecule has 4 aromatic rings. The standard InChI is InChI=1S/C30H30F2N8O3S/c1-17-10-22(43-23-14-30(31,32)15-23)12-21(35-17)16-34-27(42)29-40-39-28(44-29)19-6-5-18(11-19)24-7-8-25(38-37-24)36-26(41)13-20-4-2-3-9-33-20/h2-4,7-10,12,18-19,23H,5-6,11,13-16H2,1H3,(H,34,42)(H,36,38,41)/t18-,19?/m1/s1. The van der Waals surface area contributed by atoms with Crippen LogP contribution in [-0.2, 0) is 17.8 Å². The second-order valence-corrected chi connectivity index (χ2v) is 12.2. The van der Waals surface area contributed by atoms with Crippen LogP contribution in [0.1, 0.15) is 81.5 Å². The minimum absolute atomic E-state index is 0.135. The fraction of sp³-hybridized carbons (Fsp3) is 0.400. The molecule has 4 aromatic heterocycles. The molecule has 228 valence electrons. The van der Waals surface area contributed by atoms with E-state index in [4.69, 9.17) is 4.74 Å². The average molecular weight is 621 g/mol. The summed E-state index contributed by atoms with van der Waals surface area (Å²) in [6.07, 6.45) is 3.27. The van der Waals surface area contributed by atoms with E-state index in [0.717, 1.165) is 30.0 Å². The molecule has 2 aliphatic carbocycles. The summed E-state index contributed by atoms with van der Waals surface area (Å²) in [5, 5.41) is 23.6. The minimum atomic E-state index is -2.66. The van der Waals surface area contributed by atoms with Gasteiger partial charge in [0, 0.05) is 54.4 Å². The zero-order valence-corrected chi connectivity index (χ0v) is 24.7. The Morgan fingerprint density at radius 2 is 1.86 bits per heavy atom. The highest BCUT2D eigenvalue weighted by atomic mass is 32.1. The molecule has 2 fully saturated rings. The van der Waals surface area contributed by atoms with E-state index in [9.17, 15) is 18.4 Å². The Kier molecular flexibility index (Phi) is 8.51. The summed E-state index contributed by atoms with van der Waals surface area (Å²) < 4.78 is 32.0. The molecule has 0 saturated heterocycles. The third-order valence-electron chi connectivity index (χ3n) is 7.62. The first-order valence-corrected chi connectivity index (χ1v) is 15.2. The van der Waals surface area contributed by atoms with Crippen LogP contribution in [0.5, 0.6) is 5.75 Å². The van der Waals surface area contributed by atoms with E-state index < -0.39 is 12.0 Å². The van der Waals surface area contributed by atoms with Gasteiger partial charge in [-0.15, -0.1) is 15.3 Å². The Hall–Kier alpha value is -4.46. The summed E-state index contributed by atoms with van der Waals surface area (Å²) in [4.78, 5) is 33.7. The Morgan fingerprint density at radius 3 is 2.61 bits per heavy atom. The van der Waals surface area contributed by atoms with Gasteiger partial charge in [0.1, 0.15) is 16.9 Å². The van der Waals surface area contributed by atoms with E-state index in [0.29, 0.717) is 28.6 Å². The molecule has 4 heterocycles. The van der Waals surface area contributed by atoms with Gasteiger partial charge in [0.2, 0.25) is 10.9 Å². The maximum Gasteiger partial charge on any atom is 0.282 e. The van der Waals surface area contributed by atoms with E-state index in [2.05, 4.69) is 41.0 Å². The minimum Gasteiger partial charge on any atom is -0.490 e. The molecule has 0 aromatic carbocycles. The van der Waals surface area contributed by atoms with Crippen molar-refractivity contribution >= 4 is 29.0 Å². The van der Waals surface area contributed by atoms with Gasteiger partial charge in [0.15, 0.2) is 5.82 Å². The van der Waals surface area contributed by atoms with Crippen LogP contribution in [0.2, 0.25) is 0 Å². The Bertz CT molecular complexity index is 1630. The number of aromatic nitrogens is 6. The number of pyridine rings is 2. The van der Waals surface area contributed by atoms with E-state index in [1.807, 2.05) is 12.1 Å². The average Bonchev–Trinajstić information content (AvgIpc) is 3.66.